The van der Waals surface area contributed by atoms with Gasteiger partial charge in [0.05, 0.1) is 30.6 Å². The first-order chi connectivity index (χ1) is 11.6. The molecular weight excluding hydrogens is 306 g/mol. The Labute approximate surface area is 141 Å². The topological polar surface area (TPSA) is 63.5 Å². The number of ether oxygens (including phenoxy) is 1. The van der Waals surface area contributed by atoms with Gasteiger partial charge in [0.1, 0.15) is 11.9 Å². The number of pyridine rings is 1. The Bertz CT molecular complexity index is 713. The third-order valence-corrected chi connectivity index (χ3v) is 4.10. The number of anilines is 1. The van der Waals surface area contributed by atoms with Crippen LogP contribution < -0.4 is 4.90 Å². The maximum Gasteiger partial charge on any atom is 0.257 e. The molecule has 2 aromatic rings. The molecule has 0 spiro atoms. The molecular formula is C17H23N5O2. The highest BCUT2D eigenvalue weighted by atomic mass is 16.5. The van der Waals surface area contributed by atoms with E-state index in [1.54, 1.807) is 17.1 Å². The molecule has 1 amide bonds. The fraction of sp³-hybridized carbons (Fsp3) is 0.471. The number of aryl methyl sites for hydroxylation is 1. The van der Waals surface area contributed by atoms with E-state index in [9.17, 15) is 4.79 Å². The quantitative estimate of drug-likeness (QED) is 0.852. The fourth-order valence-corrected chi connectivity index (χ4v) is 2.71. The van der Waals surface area contributed by atoms with E-state index in [0.717, 1.165) is 18.1 Å². The van der Waals surface area contributed by atoms with E-state index in [-0.39, 0.29) is 12.0 Å². The van der Waals surface area contributed by atoms with E-state index in [0.29, 0.717) is 25.3 Å². The summed E-state index contributed by atoms with van der Waals surface area (Å²) in [6, 6.07) is 5.86. The summed E-state index contributed by atoms with van der Waals surface area (Å²) in [6.07, 6.45) is 3.21. The molecule has 1 saturated heterocycles. The van der Waals surface area contributed by atoms with Gasteiger partial charge in [-0.3, -0.25) is 9.48 Å². The Morgan fingerprint density at radius 2 is 2.25 bits per heavy atom. The molecule has 7 heteroatoms. The van der Waals surface area contributed by atoms with Crippen molar-refractivity contribution in [1.29, 1.82) is 0 Å². The molecule has 0 N–H and O–H groups in total. The van der Waals surface area contributed by atoms with Crippen LogP contribution >= 0.6 is 0 Å². The van der Waals surface area contributed by atoms with Crippen molar-refractivity contribution in [2.24, 2.45) is 0 Å². The van der Waals surface area contributed by atoms with Gasteiger partial charge in [-0.25, -0.2) is 4.98 Å². The number of carbonyl (C=O) groups excluding carboxylic acids is 1. The van der Waals surface area contributed by atoms with Crippen LogP contribution in [0.4, 0.5) is 5.82 Å². The predicted molar refractivity (Wildman–Crippen MR) is 91.1 cm³/mol. The molecule has 0 unspecified atom stereocenters. The van der Waals surface area contributed by atoms with Crippen LogP contribution in [-0.2, 0) is 11.3 Å². The van der Waals surface area contributed by atoms with E-state index in [2.05, 4.69) is 10.1 Å². The molecule has 24 heavy (non-hydrogen) atoms. The number of hydrogen-bond acceptors (Lipinski definition) is 5. The van der Waals surface area contributed by atoms with Gasteiger partial charge < -0.3 is 14.5 Å². The fourth-order valence-electron chi connectivity index (χ4n) is 2.71. The van der Waals surface area contributed by atoms with Crippen LogP contribution in [0.2, 0.25) is 0 Å². The molecule has 0 aromatic carbocycles. The molecule has 3 heterocycles. The summed E-state index contributed by atoms with van der Waals surface area (Å²) >= 11 is 0. The summed E-state index contributed by atoms with van der Waals surface area (Å²) in [5, 5.41) is 4.18. The van der Waals surface area contributed by atoms with Crippen molar-refractivity contribution in [1.82, 2.24) is 19.7 Å². The molecule has 0 aliphatic carbocycles. The van der Waals surface area contributed by atoms with Crippen LogP contribution in [0.1, 0.15) is 29.1 Å². The zero-order valence-corrected chi connectivity index (χ0v) is 14.3. The Kier molecular flexibility index (Phi) is 4.80. The van der Waals surface area contributed by atoms with Gasteiger partial charge in [-0.2, -0.15) is 5.10 Å². The van der Waals surface area contributed by atoms with E-state index in [1.165, 1.54) is 0 Å². The smallest absolute Gasteiger partial charge is 0.257 e. The third-order valence-electron chi connectivity index (χ3n) is 4.10. The van der Waals surface area contributed by atoms with Gasteiger partial charge >= 0.3 is 0 Å². The summed E-state index contributed by atoms with van der Waals surface area (Å²) in [4.78, 5) is 21.1. The van der Waals surface area contributed by atoms with Crippen LogP contribution in [0.15, 0.2) is 30.6 Å². The molecule has 2 aromatic heterocycles. The number of carbonyl (C=O) groups is 1. The van der Waals surface area contributed by atoms with Crippen molar-refractivity contribution in [2.75, 3.05) is 38.7 Å². The van der Waals surface area contributed by atoms with Gasteiger partial charge in [-0.15, -0.1) is 0 Å². The van der Waals surface area contributed by atoms with Gasteiger partial charge in [0, 0.05) is 33.4 Å². The van der Waals surface area contributed by atoms with Crippen molar-refractivity contribution < 1.29 is 9.53 Å². The number of hydrogen-bond donors (Lipinski definition) is 0. The van der Waals surface area contributed by atoms with Crippen LogP contribution in [-0.4, -0.2) is 59.4 Å². The van der Waals surface area contributed by atoms with Gasteiger partial charge in [0.2, 0.25) is 0 Å². The number of morpholine rings is 1. The average molecular weight is 329 g/mol. The number of aromatic nitrogens is 3. The molecule has 0 radical (unpaired) electrons. The minimum absolute atomic E-state index is 0.00763. The second kappa shape index (κ2) is 7.00. The highest BCUT2D eigenvalue weighted by Crippen LogP contribution is 2.23. The lowest BCUT2D eigenvalue weighted by atomic mass is 10.1. The maximum absolute atomic E-state index is 12.7. The van der Waals surface area contributed by atoms with Crippen LogP contribution in [0.25, 0.3) is 0 Å². The molecule has 0 saturated carbocycles. The summed E-state index contributed by atoms with van der Waals surface area (Å²) in [6.45, 7) is 4.34. The maximum atomic E-state index is 12.7. The lowest BCUT2D eigenvalue weighted by molar-refractivity contribution is -0.0246. The summed E-state index contributed by atoms with van der Waals surface area (Å²) < 4.78 is 7.60. The first-order valence-corrected chi connectivity index (χ1v) is 8.16. The minimum atomic E-state index is -0.205. The molecule has 0 bridgehead atoms. The predicted octanol–water partition coefficient (Wildman–Crippen LogP) is 1.58. The number of amides is 1. The second-order valence-corrected chi connectivity index (χ2v) is 6.01. The van der Waals surface area contributed by atoms with Crippen LogP contribution in [0, 0.1) is 0 Å². The van der Waals surface area contributed by atoms with Crippen LogP contribution in [0.5, 0.6) is 0 Å². The standard InChI is InChI=1S/C17H23N5O2/c1-4-22-11-13(10-18-22)17(23)21-8-9-24-15(12-21)14-6-5-7-16(19-14)20(2)3/h5-7,10-11,15H,4,8-9,12H2,1-3H3/t15-/m0/s1. The van der Waals surface area contributed by atoms with E-state index in [1.807, 2.05) is 49.0 Å². The largest absolute Gasteiger partial charge is 0.368 e. The molecule has 7 nitrogen and oxygen atoms in total. The Hall–Kier alpha value is -2.41. The Morgan fingerprint density at radius 1 is 1.42 bits per heavy atom. The number of nitrogens with zero attached hydrogens (tertiary/aromatic N) is 5. The molecule has 1 fully saturated rings. The lowest BCUT2D eigenvalue weighted by Gasteiger charge is -2.32. The summed E-state index contributed by atoms with van der Waals surface area (Å²) in [7, 11) is 3.91. The third kappa shape index (κ3) is 3.41. The van der Waals surface area contributed by atoms with Gasteiger partial charge in [-0.1, -0.05) is 6.07 Å². The van der Waals surface area contributed by atoms with Gasteiger partial charge in [0.15, 0.2) is 0 Å². The molecule has 1 aliphatic rings. The van der Waals surface area contributed by atoms with Gasteiger partial charge in [0.25, 0.3) is 5.91 Å². The highest BCUT2D eigenvalue weighted by molar-refractivity contribution is 5.93. The van der Waals surface area contributed by atoms with Crippen LogP contribution in [0.3, 0.4) is 0 Å². The average Bonchev–Trinajstić information content (AvgIpc) is 3.10. The SMILES string of the molecule is CCn1cc(C(=O)N2CCO[C@H](c3cccc(N(C)C)n3)C2)cn1. The summed E-state index contributed by atoms with van der Waals surface area (Å²) in [5.41, 5.74) is 1.47. The van der Waals surface area contributed by atoms with Crippen molar-refractivity contribution in [3.05, 3.63) is 41.9 Å². The van der Waals surface area contributed by atoms with Gasteiger partial charge in [-0.05, 0) is 19.1 Å². The number of rotatable bonds is 4. The Morgan fingerprint density at radius 3 is 2.96 bits per heavy atom. The highest BCUT2D eigenvalue weighted by Gasteiger charge is 2.27. The Balaban J connectivity index is 1.74. The van der Waals surface area contributed by atoms with Crippen molar-refractivity contribution in [2.45, 2.75) is 19.6 Å². The van der Waals surface area contributed by atoms with E-state index >= 15 is 0 Å². The van der Waals surface area contributed by atoms with E-state index in [4.69, 9.17) is 4.74 Å². The normalized spacial score (nSPS) is 17.8. The summed E-state index contributed by atoms with van der Waals surface area (Å²) in [5.74, 6) is 0.871. The zero-order valence-electron chi connectivity index (χ0n) is 14.3. The molecule has 128 valence electrons. The minimum Gasteiger partial charge on any atom is -0.368 e. The molecule has 1 aliphatic heterocycles. The first kappa shape index (κ1) is 16.4. The van der Waals surface area contributed by atoms with E-state index < -0.39 is 0 Å². The zero-order chi connectivity index (χ0) is 17.1. The lowest BCUT2D eigenvalue weighted by Crippen LogP contribution is -2.42. The molecule has 3 rings (SSSR count). The molecule has 1 atom stereocenters. The van der Waals surface area contributed by atoms with Crippen molar-refractivity contribution in [3.63, 3.8) is 0 Å². The monoisotopic (exact) mass is 329 g/mol. The van der Waals surface area contributed by atoms with Crippen molar-refractivity contribution in [3.8, 4) is 0 Å². The first-order valence-electron chi connectivity index (χ1n) is 8.16. The second-order valence-electron chi connectivity index (χ2n) is 6.01. The van der Waals surface area contributed by atoms with Crippen molar-refractivity contribution >= 4 is 11.7 Å².